The van der Waals surface area contributed by atoms with E-state index >= 15 is 0 Å². The molecule has 14 rings (SSSR count). The van der Waals surface area contributed by atoms with Crippen molar-refractivity contribution in [3.63, 3.8) is 0 Å². The fourth-order valence-corrected chi connectivity index (χ4v) is 16.4. The molecule has 8 heterocycles. The van der Waals surface area contributed by atoms with E-state index in [0.717, 1.165) is 24.0 Å². The number of aromatic hydroxyl groups is 1. The lowest BCUT2D eigenvalue weighted by molar-refractivity contribution is -0.249. The van der Waals surface area contributed by atoms with Crippen LogP contribution in [0.1, 0.15) is 204 Å². The first kappa shape index (κ1) is 101. The van der Waals surface area contributed by atoms with Gasteiger partial charge in [-0.05, 0) is 151 Å². The minimum absolute atomic E-state index is 0.0156. The summed E-state index contributed by atoms with van der Waals surface area (Å²) in [5.41, 5.74) is 6.04. The molecular formula is C95H112N12O26. The smallest absolute Gasteiger partial charge is 0.329 e. The van der Waals surface area contributed by atoms with Crippen molar-refractivity contribution in [1.82, 2.24) is 55.8 Å². The van der Waals surface area contributed by atoms with E-state index in [-0.39, 0.29) is 107 Å². The molecule has 5 fully saturated rings. The van der Waals surface area contributed by atoms with Crippen LogP contribution in [-0.4, -0.2) is 272 Å². The van der Waals surface area contributed by atoms with Crippen LogP contribution in [0.15, 0.2) is 159 Å². The highest BCUT2D eigenvalue weighted by Gasteiger charge is 2.50. The molecule has 8 amide bonds. The number of carbonyl (C=O) groups excluding carboxylic acids is 13. The molecule has 7 aliphatic rings. The number of pyridine rings is 3. The summed E-state index contributed by atoms with van der Waals surface area (Å²) in [6, 6.07) is 27.1. The Kier molecular flexibility index (Phi) is 35.8. The molecule has 0 radical (unpaired) electrons. The summed E-state index contributed by atoms with van der Waals surface area (Å²) in [6.45, 7) is 12.3. The van der Waals surface area contributed by atoms with Gasteiger partial charge in [-0.2, -0.15) is 0 Å². The van der Waals surface area contributed by atoms with Crippen molar-refractivity contribution in [1.29, 1.82) is 0 Å². The summed E-state index contributed by atoms with van der Waals surface area (Å²) in [7, 11) is 1.34. The van der Waals surface area contributed by atoms with Gasteiger partial charge >= 0.3 is 23.9 Å². The van der Waals surface area contributed by atoms with E-state index in [2.05, 4.69) is 36.2 Å². The predicted octanol–water partition coefficient (Wildman–Crippen LogP) is 4.66. The normalized spacial score (nSPS) is 21.7. The molecule has 4 unspecified atom stereocenters. The third-order valence-corrected chi connectivity index (χ3v) is 23.5. The first-order valence-corrected chi connectivity index (χ1v) is 43.7. The molecule has 38 nitrogen and oxygen atoms in total. The standard InChI is InChI=1S/C41H44N4O13.C21H23N3O4.C15H20N2O3.C14H17N3O4.C4H8O2/c1-19(43-38(52)21-9-11-42-12-10-21)40(54)45-13-5-7-26(45)39(53)44-25-15-30(57-20(2)34(25)48)58-28-17-41(55,29(47)18-46)16-22-14-24-33(36(50)31(22)28)37(51)32-23(35(24)49)6-4-8-27(32)56-3;1-15(23-19(25)17-9-11-22-12-10-17)20(26)24-13-5-8-18(24)21(27)28-14-16-6-3-2-4-7-16;1-11(16)14(18)17-9-5-8-13(17)15(19)20-10-12-6-3-2-4-7-12;1-9(16-12(18)10-4-6-15-7-5-10)13(19)17-8-2-3-11(17)14(20)21;1-3(2)4(5)6/h4,6,8-12,14,19-20,25-26,28,30,34,46,48,50,55H,5,7,13,15-18H2,1-3H3,(H,43,52)(H,44,53);2-4,6-7,9-12,15,18H,5,8,13-14H2,1H3,(H,23,25);2-4,6-7,11,13H,5,8-10,16H2,1H3;4-7,9,11H,2-3,8H2,1H3,(H,16,18)(H,20,21);3H,1-2H3,(H,5,6)/t19-,20?,25?,26+,28+,30?,34?,41+;15-,18+;11-,13+;9-,11+;/m1111./s1. The number of nitrogens with zero attached hydrogens (tertiary/aromatic N) is 7. The Morgan fingerprint density at radius 2 is 0.977 bits per heavy atom. The molecule has 5 saturated heterocycles. The number of hydrogen-bond donors (Lipinski definition) is 11. The molecule has 708 valence electrons. The van der Waals surface area contributed by atoms with Crippen LogP contribution in [0.4, 0.5) is 0 Å². The van der Waals surface area contributed by atoms with E-state index in [1.807, 2.05) is 60.7 Å². The number of aliphatic hydroxyl groups is 3. The molecule has 14 atom stereocenters. The number of fused-ring (bicyclic) bond motifs is 3. The summed E-state index contributed by atoms with van der Waals surface area (Å²) in [6.07, 6.45) is 7.77. The van der Waals surface area contributed by atoms with Crippen molar-refractivity contribution in [3.05, 3.63) is 220 Å². The number of Topliss-reactive ketones (excluding diaryl/α,β-unsaturated/α-hetero) is 1. The number of likely N-dealkylation sites (tertiary alicyclic amines) is 4. The Labute approximate surface area is 766 Å². The molecule has 5 aliphatic heterocycles. The van der Waals surface area contributed by atoms with Crippen LogP contribution in [0, 0.1) is 5.92 Å². The van der Waals surface area contributed by atoms with Gasteiger partial charge in [0.25, 0.3) is 17.7 Å². The molecule has 0 saturated carbocycles. The molecular weight excluding hydrogens is 1730 g/mol. The van der Waals surface area contributed by atoms with E-state index in [9.17, 15) is 92.3 Å². The fourth-order valence-electron chi connectivity index (χ4n) is 16.4. The van der Waals surface area contributed by atoms with Crippen LogP contribution in [0.3, 0.4) is 0 Å². The number of nitrogens with one attached hydrogen (secondary N) is 4. The number of methoxy groups -OCH3 is 1. The second-order valence-electron chi connectivity index (χ2n) is 33.4. The second-order valence-corrected chi connectivity index (χ2v) is 33.4. The number of nitrogens with two attached hydrogens (primary N) is 1. The predicted molar refractivity (Wildman–Crippen MR) is 473 cm³/mol. The Morgan fingerprint density at radius 3 is 1.40 bits per heavy atom. The van der Waals surface area contributed by atoms with Gasteiger partial charge in [0.15, 0.2) is 17.9 Å². The van der Waals surface area contributed by atoms with Gasteiger partial charge in [0.1, 0.15) is 85.3 Å². The average Bonchev–Trinajstić information content (AvgIpc) is 1.26. The van der Waals surface area contributed by atoms with Crippen LogP contribution >= 0.6 is 0 Å². The molecule has 38 heteroatoms. The average molecular weight is 1840 g/mol. The number of rotatable bonds is 25. The number of esters is 2. The number of aliphatic hydroxyl groups excluding tert-OH is 2. The lowest BCUT2D eigenvalue weighted by atomic mass is 9.72. The number of phenols is 1. The number of carboxylic acid groups (broad SMARTS) is 2. The van der Waals surface area contributed by atoms with Gasteiger partial charge < -0.3 is 101 Å². The molecule has 7 aromatic rings. The van der Waals surface area contributed by atoms with Crippen molar-refractivity contribution in [2.24, 2.45) is 11.7 Å². The number of amides is 8. The van der Waals surface area contributed by atoms with Gasteiger partial charge in [0, 0.05) is 116 Å². The third-order valence-electron chi connectivity index (χ3n) is 23.5. The highest BCUT2D eigenvalue weighted by atomic mass is 16.7. The van der Waals surface area contributed by atoms with E-state index in [1.165, 1.54) is 101 Å². The van der Waals surface area contributed by atoms with Crippen molar-refractivity contribution >= 4 is 88.5 Å². The number of phenolic OH excluding ortho intramolecular Hbond substituents is 1. The fraction of sp³-hybridized carbons (Fsp3) is 0.432. The molecule has 0 bridgehead atoms. The number of ketones is 3. The Bertz CT molecular complexity index is 5350. The summed E-state index contributed by atoms with van der Waals surface area (Å²) in [5.74, 6) is -8.53. The first-order valence-electron chi connectivity index (χ1n) is 43.7. The highest BCUT2D eigenvalue weighted by molar-refractivity contribution is 6.30. The van der Waals surface area contributed by atoms with Crippen LogP contribution in [0.5, 0.6) is 11.5 Å². The third kappa shape index (κ3) is 25.6. The minimum Gasteiger partial charge on any atom is -0.507 e. The van der Waals surface area contributed by atoms with Crippen molar-refractivity contribution in [2.75, 3.05) is 39.9 Å². The maximum Gasteiger partial charge on any atom is 0.329 e. The molecule has 3 aromatic heterocycles. The zero-order chi connectivity index (χ0) is 96.7. The van der Waals surface area contributed by atoms with Crippen molar-refractivity contribution in [2.45, 2.75) is 217 Å². The maximum absolute atomic E-state index is 14.0. The van der Waals surface area contributed by atoms with Gasteiger partial charge in [-0.3, -0.25) is 72.5 Å². The monoisotopic (exact) mass is 1840 g/mol. The summed E-state index contributed by atoms with van der Waals surface area (Å²) < 4.78 is 28.4. The Hall–Kier alpha value is -13.7. The highest BCUT2D eigenvalue weighted by Crippen LogP contribution is 2.49. The summed E-state index contributed by atoms with van der Waals surface area (Å²) in [4.78, 5) is 205. The topological polar surface area (TPSA) is 549 Å². The van der Waals surface area contributed by atoms with Crippen LogP contribution < -0.4 is 31.7 Å². The van der Waals surface area contributed by atoms with E-state index < -0.39 is 163 Å². The van der Waals surface area contributed by atoms with Crippen LogP contribution in [-0.2, 0) is 86.5 Å². The van der Waals surface area contributed by atoms with Crippen molar-refractivity contribution < 1.29 is 126 Å². The Morgan fingerprint density at radius 1 is 0.556 bits per heavy atom. The first-order chi connectivity index (χ1) is 63.5. The van der Waals surface area contributed by atoms with E-state index in [4.69, 9.17) is 39.6 Å². The number of aromatic nitrogens is 3. The lowest BCUT2D eigenvalue weighted by Gasteiger charge is -2.43. The summed E-state index contributed by atoms with van der Waals surface area (Å²) in [5, 5.41) is 72.2. The number of hydrogen-bond acceptors (Lipinski definition) is 28. The lowest BCUT2D eigenvalue weighted by Crippen LogP contribution is -2.59. The van der Waals surface area contributed by atoms with Gasteiger partial charge in [-0.1, -0.05) is 86.6 Å². The number of benzene rings is 4. The number of aliphatic carboxylic acids is 2. The van der Waals surface area contributed by atoms with Gasteiger partial charge in [-0.25, -0.2) is 14.4 Å². The largest absolute Gasteiger partial charge is 0.507 e. The number of ether oxygens (including phenoxy) is 5. The van der Waals surface area contributed by atoms with Crippen LogP contribution in [0.25, 0.3) is 0 Å². The molecule has 2 aliphatic carbocycles. The van der Waals surface area contributed by atoms with Gasteiger partial charge in [0.2, 0.25) is 35.3 Å². The summed E-state index contributed by atoms with van der Waals surface area (Å²) >= 11 is 0. The quantitative estimate of drug-likeness (QED) is 0.0346. The van der Waals surface area contributed by atoms with Crippen molar-refractivity contribution in [3.8, 4) is 11.5 Å². The number of carboxylic acids is 2. The Balaban J connectivity index is 0.000000201. The minimum atomic E-state index is -2.21. The molecule has 133 heavy (non-hydrogen) atoms. The molecule has 0 spiro atoms. The molecule has 4 aromatic carbocycles. The van der Waals surface area contributed by atoms with Gasteiger partial charge in [-0.15, -0.1) is 0 Å². The maximum atomic E-state index is 14.0. The van der Waals surface area contributed by atoms with E-state index in [0.29, 0.717) is 74.8 Å². The molecule has 12 N–H and O–H groups in total. The zero-order valence-corrected chi connectivity index (χ0v) is 74.9. The number of carbonyl (C=O) groups is 15. The zero-order valence-electron chi connectivity index (χ0n) is 74.9. The SMILES string of the molecule is CC(C)C(=O)O.COc1cccc2c1C(=O)c1c(cc3c(c1O)[C@@H](OC1CC(NC(=O)[C@@H]4CCCN4C(=O)[C@@H](C)NC(=O)c4ccncc4)C(O)C(C)O1)C[C@](O)(C(=O)CO)C3)C2=O.C[C@@H](N)C(=O)N1CCC[C@H]1C(=O)OCc1ccccc1.C[C@@H](NC(=O)c1ccncc1)C(=O)N1CCC[C@H]1C(=O)O.C[C@@H](NC(=O)c1ccncc1)C(=O)N1CCC[C@H]1C(=O)OCc1ccccc1. The second kappa shape index (κ2) is 46.9. The van der Waals surface area contributed by atoms with Crippen LogP contribution in [0.2, 0.25) is 0 Å². The van der Waals surface area contributed by atoms with Gasteiger partial charge in [0.05, 0.1) is 48.4 Å². The van der Waals surface area contributed by atoms with E-state index in [1.54, 1.807) is 71.9 Å².